The highest BCUT2D eigenvalue weighted by Gasteiger charge is 2.32. The molecule has 0 spiro atoms. The number of hydrogen-bond acceptors (Lipinski definition) is 4. The molecule has 1 aromatic rings. The monoisotopic (exact) mass is 250 g/mol. The molecule has 1 fully saturated rings. The quantitative estimate of drug-likeness (QED) is 0.769. The number of ketones is 1. The maximum Gasteiger partial charge on any atom is 0.172 e. The van der Waals surface area contributed by atoms with E-state index in [0.29, 0.717) is 23.7 Å². The molecule has 0 aliphatic carbocycles. The van der Waals surface area contributed by atoms with E-state index < -0.39 is 0 Å². The second kappa shape index (κ2) is 5.40. The Morgan fingerprint density at radius 3 is 2.67 bits per heavy atom. The largest absolute Gasteiger partial charge is 0.497 e. The van der Waals surface area contributed by atoms with Gasteiger partial charge >= 0.3 is 0 Å². The minimum absolute atomic E-state index is 0.0339. The second-order valence-electron chi connectivity index (χ2n) is 4.40. The first-order valence-corrected chi connectivity index (χ1v) is 6.05. The van der Waals surface area contributed by atoms with E-state index in [9.17, 15) is 4.79 Å². The fraction of sp³-hybridized carbons (Fsp3) is 0.500. The van der Waals surface area contributed by atoms with Gasteiger partial charge in [-0.05, 0) is 31.5 Å². The molecule has 0 bridgehead atoms. The SMILES string of the molecule is COc1ccc(OC)c(C(=O)C2CCOC2C)c1. The fourth-order valence-corrected chi connectivity index (χ4v) is 2.28. The van der Waals surface area contributed by atoms with Gasteiger partial charge in [-0.2, -0.15) is 0 Å². The molecule has 4 heteroatoms. The molecule has 98 valence electrons. The van der Waals surface area contributed by atoms with Crippen LogP contribution >= 0.6 is 0 Å². The summed E-state index contributed by atoms with van der Waals surface area (Å²) in [5.41, 5.74) is 0.569. The highest BCUT2D eigenvalue weighted by Crippen LogP contribution is 2.31. The molecular formula is C14H18O4. The Kier molecular flexibility index (Phi) is 3.87. The fourth-order valence-electron chi connectivity index (χ4n) is 2.28. The van der Waals surface area contributed by atoms with Gasteiger partial charge in [0.25, 0.3) is 0 Å². The topological polar surface area (TPSA) is 44.8 Å². The third kappa shape index (κ3) is 2.34. The van der Waals surface area contributed by atoms with Gasteiger partial charge in [0.15, 0.2) is 5.78 Å². The zero-order valence-electron chi connectivity index (χ0n) is 10.9. The van der Waals surface area contributed by atoms with Crippen LogP contribution in [-0.4, -0.2) is 32.7 Å². The van der Waals surface area contributed by atoms with Crippen molar-refractivity contribution in [3.8, 4) is 11.5 Å². The number of ether oxygens (including phenoxy) is 3. The summed E-state index contributed by atoms with van der Waals surface area (Å²) in [4.78, 5) is 12.5. The number of carbonyl (C=O) groups excluding carboxylic acids is 1. The summed E-state index contributed by atoms with van der Waals surface area (Å²) in [5.74, 6) is 1.22. The minimum Gasteiger partial charge on any atom is -0.497 e. The number of hydrogen-bond donors (Lipinski definition) is 0. The summed E-state index contributed by atoms with van der Waals surface area (Å²) >= 11 is 0. The van der Waals surface area contributed by atoms with Gasteiger partial charge in [-0.15, -0.1) is 0 Å². The summed E-state index contributed by atoms with van der Waals surface area (Å²) in [6, 6.07) is 5.27. The molecule has 2 atom stereocenters. The molecule has 2 unspecified atom stereocenters. The van der Waals surface area contributed by atoms with Crippen molar-refractivity contribution in [3.63, 3.8) is 0 Å². The number of carbonyl (C=O) groups is 1. The molecule has 18 heavy (non-hydrogen) atoms. The van der Waals surface area contributed by atoms with E-state index in [1.807, 2.05) is 6.92 Å². The Morgan fingerprint density at radius 1 is 1.33 bits per heavy atom. The van der Waals surface area contributed by atoms with Crippen molar-refractivity contribution >= 4 is 5.78 Å². The maximum atomic E-state index is 12.5. The van der Waals surface area contributed by atoms with E-state index in [0.717, 1.165) is 6.42 Å². The molecule has 1 aliphatic rings. The first-order chi connectivity index (χ1) is 8.67. The lowest BCUT2D eigenvalue weighted by molar-refractivity contribution is 0.0761. The van der Waals surface area contributed by atoms with Crippen LogP contribution in [-0.2, 0) is 4.74 Å². The van der Waals surface area contributed by atoms with Crippen molar-refractivity contribution in [3.05, 3.63) is 23.8 Å². The van der Waals surface area contributed by atoms with E-state index in [2.05, 4.69) is 0 Å². The lowest BCUT2D eigenvalue weighted by atomic mass is 9.92. The van der Waals surface area contributed by atoms with Crippen LogP contribution in [0.4, 0.5) is 0 Å². The number of Topliss-reactive ketones (excluding diaryl/α,β-unsaturated/α-hetero) is 1. The highest BCUT2D eigenvalue weighted by molar-refractivity contribution is 6.01. The van der Waals surface area contributed by atoms with Crippen LogP contribution < -0.4 is 9.47 Å². The maximum absolute atomic E-state index is 12.5. The molecule has 0 aromatic heterocycles. The summed E-state index contributed by atoms with van der Waals surface area (Å²) in [5, 5.41) is 0. The van der Waals surface area contributed by atoms with Crippen LogP contribution in [0.1, 0.15) is 23.7 Å². The molecule has 1 aliphatic heterocycles. The van der Waals surface area contributed by atoms with Crippen molar-refractivity contribution in [2.75, 3.05) is 20.8 Å². The van der Waals surface area contributed by atoms with Gasteiger partial charge in [-0.25, -0.2) is 0 Å². The molecule has 0 amide bonds. The van der Waals surface area contributed by atoms with Gasteiger partial charge < -0.3 is 14.2 Å². The highest BCUT2D eigenvalue weighted by atomic mass is 16.5. The smallest absolute Gasteiger partial charge is 0.172 e. The minimum atomic E-state index is -0.0917. The van der Waals surface area contributed by atoms with Crippen LogP contribution in [0.5, 0.6) is 11.5 Å². The Labute approximate surface area is 107 Å². The van der Waals surface area contributed by atoms with Gasteiger partial charge in [0.05, 0.1) is 31.8 Å². The van der Waals surface area contributed by atoms with Gasteiger partial charge in [-0.3, -0.25) is 4.79 Å². The van der Waals surface area contributed by atoms with Crippen LogP contribution in [0.2, 0.25) is 0 Å². The molecule has 1 aromatic carbocycles. The summed E-state index contributed by atoms with van der Waals surface area (Å²) in [7, 11) is 3.14. The van der Waals surface area contributed by atoms with Crippen molar-refractivity contribution < 1.29 is 19.0 Å². The zero-order chi connectivity index (χ0) is 13.1. The van der Waals surface area contributed by atoms with Gasteiger partial charge in [0.2, 0.25) is 0 Å². The van der Waals surface area contributed by atoms with E-state index >= 15 is 0 Å². The first-order valence-electron chi connectivity index (χ1n) is 6.05. The lowest BCUT2D eigenvalue weighted by Gasteiger charge is -2.15. The van der Waals surface area contributed by atoms with Crippen LogP contribution in [0.25, 0.3) is 0 Å². The van der Waals surface area contributed by atoms with Crippen molar-refractivity contribution in [1.82, 2.24) is 0 Å². The molecule has 0 N–H and O–H groups in total. The average Bonchev–Trinajstić information content (AvgIpc) is 2.83. The predicted molar refractivity (Wildman–Crippen MR) is 67.4 cm³/mol. The molecule has 4 nitrogen and oxygen atoms in total. The summed E-state index contributed by atoms with van der Waals surface area (Å²) in [6.07, 6.45) is 0.730. The molecule has 1 saturated heterocycles. The Hall–Kier alpha value is -1.55. The van der Waals surface area contributed by atoms with E-state index in [4.69, 9.17) is 14.2 Å². The Bertz CT molecular complexity index is 441. The lowest BCUT2D eigenvalue weighted by Crippen LogP contribution is -2.22. The second-order valence-corrected chi connectivity index (χ2v) is 4.40. The summed E-state index contributed by atoms with van der Waals surface area (Å²) in [6.45, 7) is 2.58. The van der Waals surface area contributed by atoms with E-state index in [-0.39, 0.29) is 17.8 Å². The van der Waals surface area contributed by atoms with E-state index in [1.165, 1.54) is 0 Å². The van der Waals surface area contributed by atoms with Crippen molar-refractivity contribution in [2.24, 2.45) is 5.92 Å². The number of rotatable bonds is 4. The standard InChI is InChI=1S/C14H18O4/c1-9-11(6-7-18-9)14(15)12-8-10(16-2)4-5-13(12)17-3/h4-5,8-9,11H,6-7H2,1-3H3. The van der Waals surface area contributed by atoms with Crippen molar-refractivity contribution in [2.45, 2.75) is 19.4 Å². The molecule has 0 radical (unpaired) electrons. The molecular weight excluding hydrogens is 232 g/mol. The van der Waals surface area contributed by atoms with Gasteiger partial charge in [0, 0.05) is 6.61 Å². The van der Waals surface area contributed by atoms with Gasteiger partial charge in [-0.1, -0.05) is 0 Å². The third-order valence-corrected chi connectivity index (χ3v) is 3.39. The van der Waals surface area contributed by atoms with Crippen LogP contribution in [0.3, 0.4) is 0 Å². The average molecular weight is 250 g/mol. The zero-order valence-corrected chi connectivity index (χ0v) is 10.9. The summed E-state index contributed by atoms with van der Waals surface area (Å²) < 4.78 is 15.8. The van der Waals surface area contributed by atoms with Gasteiger partial charge in [0.1, 0.15) is 11.5 Å². The van der Waals surface area contributed by atoms with Crippen LogP contribution in [0.15, 0.2) is 18.2 Å². The number of methoxy groups -OCH3 is 2. The normalized spacial score (nSPS) is 22.8. The van der Waals surface area contributed by atoms with Crippen molar-refractivity contribution in [1.29, 1.82) is 0 Å². The predicted octanol–water partition coefficient (Wildman–Crippen LogP) is 2.31. The van der Waals surface area contributed by atoms with E-state index in [1.54, 1.807) is 32.4 Å². The first kappa shape index (κ1) is 12.9. The third-order valence-electron chi connectivity index (χ3n) is 3.39. The molecule has 2 rings (SSSR count). The Balaban J connectivity index is 2.33. The number of benzene rings is 1. The van der Waals surface area contributed by atoms with Crippen LogP contribution in [0, 0.1) is 5.92 Å². The molecule has 0 saturated carbocycles. The Morgan fingerprint density at radius 2 is 2.11 bits per heavy atom. The molecule has 1 heterocycles.